The van der Waals surface area contributed by atoms with E-state index in [1.807, 2.05) is 67.8 Å². The summed E-state index contributed by atoms with van der Waals surface area (Å²) in [6, 6.07) is 50.8. The topological polar surface area (TPSA) is 71.3 Å². The van der Waals surface area contributed by atoms with Gasteiger partial charge in [-0.25, -0.2) is 18.7 Å². The van der Waals surface area contributed by atoms with Crippen molar-refractivity contribution >= 4 is 0 Å². The van der Waals surface area contributed by atoms with Crippen molar-refractivity contribution < 1.29 is 0 Å². The molecule has 0 aliphatic rings. The minimum atomic E-state index is -0.291. The fourth-order valence-corrected chi connectivity index (χ4v) is 7.43. The van der Waals surface area contributed by atoms with Gasteiger partial charge in [0.2, 0.25) is 0 Å². The van der Waals surface area contributed by atoms with E-state index in [4.69, 9.17) is 20.4 Å². The van der Waals surface area contributed by atoms with Gasteiger partial charge in [0.05, 0.1) is 24.8 Å². The lowest BCUT2D eigenvalue weighted by atomic mass is 10.1. The number of aromatic nitrogens is 8. The Balaban J connectivity index is 1.06. The Bertz CT molecular complexity index is 2240. The molecule has 0 N–H and O–H groups in total. The predicted molar refractivity (Wildman–Crippen MR) is 219 cm³/mol. The van der Waals surface area contributed by atoms with Crippen LogP contribution in [-0.4, -0.2) is 39.1 Å². The van der Waals surface area contributed by atoms with Gasteiger partial charge >= 0.3 is 0 Å². The summed E-state index contributed by atoms with van der Waals surface area (Å²) in [5, 5.41) is 19.7. The maximum atomic E-state index is 4.91. The Kier molecular flexibility index (Phi) is 9.99. The summed E-state index contributed by atoms with van der Waals surface area (Å²) in [5.74, 6) is 0. The third kappa shape index (κ3) is 8.05. The molecule has 0 unspecified atom stereocenters. The highest BCUT2D eigenvalue weighted by Crippen LogP contribution is 2.27. The number of hydrogen-bond donors (Lipinski definition) is 0. The van der Waals surface area contributed by atoms with Crippen LogP contribution >= 0.6 is 0 Å². The maximum absolute atomic E-state index is 4.91. The Morgan fingerprint density at radius 2 is 0.518 bits per heavy atom. The molecule has 0 bridgehead atoms. The number of rotatable bonds is 14. The zero-order valence-electron chi connectivity index (χ0n) is 31.0. The Labute approximate surface area is 327 Å². The maximum Gasteiger partial charge on any atom is 0.168 e. The summed E-state index contributed by atoms with van der Waals surface area (Å²) in [4.78, 5) is 0. The predicted octanol–water partition coefficient (Wildman–Crippen LogP) is 9.03. The molecule has 0 aliphatic heterocycles. The van der Waals surface area contributed by atoms with Crippen LogP contribution in [0.2, 0.25) is 0 Å². The van der Waals surface area contributed by atoms with E-state index in [2.05, 4.69) is 146 Å². The van der Waals surface area contributed by atoms with Crippen molar-refractivity contribution in [2.24, 2.45) is 0 Å². The average molecular weight is 731 g/mol. The van der Waals surface area contributed by atoms with Crippen molar-refractivity contribution in [2.45, 2.75) is 38.0 Å². The van der Waals surface area contributed by atoms with Gasteiger partial charge in [-0.2, -0.15) is 20.4 Å². The summed E-state index contributed by atoms with van der Waals surface area (Å²) in [5.41, 5.74) is 11.7. The van der Waals surface area contributed by atoms with Crippen LogP contribution in [0.4, 0.5) is 0 Å². The molecule has 9 rings (SSSR count). The number of nitrogens with zero attached hydrogens (tertiary/aromatic N) is 8. The van der Waals surface area contributed by atoms with E-state index < -0.39 is 0 Å². The summed E-state index contributed by atoms with van der Waals surface area (Å²) < 4.78 is 8.10. The van der Waals surface area contributed by atoms with Crippen molar-refractivity contribution in [1.82, 2.24) is 39.1 Å². The van der Waals surface area contributed by atoms with Gasteiger partial charge in [-0.15, -0.1) is 0 Å². The van der Waals surface area contributed by atoms with Gasteiger partial charge in [0, 0.05) is 50.5 Å². The standard InChI is InChI=1S/C48H42N8/c1-5-13-37(14-6-1)25-41-29-49-53(33-41)47(54-34-42(30-50-54)26-38-15-7-2-8-16-38)45-21-23-46(24-22-45)48(55-35-43(31-51-55)27-39-17-9-3-10-18-39)56-36-44(32-52-56)28-40-19-11-4-12-20-40/h1-24,29-36,47-48H,25-28H2. The highest BCUT2D eigenvalue weighted by atomic mass is 15.4. The van der Waals surface area contributed by atoms with Crippen LogP contribution in [-0.2, 0) is 25.7 Å². The SMILES string of the molecule is c1ccc(Cc2cnn(C(c3ccc(C(n4cc(Cc5ccccc5)cn4)n4cc(Cc5ccccc5)cn4)cc3)n3cc(Cc4ccccc4)cn3)c2)cc1. The molecule has 0 saturated carbocycles. The molecule has 8 nitrogen and oxygen atoms in total. The Morgan fingerprint density at radius 1 is 0.286 bits per heavy atom. The van der Waals surface area contributed by atoms with E-state index in [0.717, 1.165) is 59.1 Å². The van der Waals surface area contributed by atoms with Gasteiger partial charge in [0.1, 0.15) is 0 Å². The molecule has 0 atom stereocenters. The molecule has 4 aromatic heterocycles. The van der Waals surface area contributed by atoms with Crippen molar-refractivity contribution in [3.8, 4) is 0 Å². The first kappa shape index (κ1) is 34.7. The normalized spacial score (nSPS) is 11.5. The molecule has 5 aromatic carbocycles. The number of benzene rings is 5. The summed E-state index contributed by atoms with van der Waals surface area (Å²) in [6.07, 6.45) is 19.1. The summed E-state index contributed by atoms with van der Waals surface area (Å²) >= 11 is 0. The molecule has 0 spiro atoms. The van der Waals surface area contributed by atoms with E-state index in [-0.39, 0.29) is 12.3 Å². The fourth-order valence-electron chi connectivity index (χ4n) is 7.43. The second kappa shape index (κ2) is 16.1. The summed E-state index contributed by atoms with van der Waals surface area (Å²) in [6.45, 7) is 0. The van der Waals surface area contributed by atoms with Crippen LogP contribution in [0, 0.1) is 0 Å². The second-order valence-corrected chi connectivity index (χ2v) is 14.4. The monoisotopic (exact) mass is 730 g/mol. The number of hydrogen-bond acceptors (Lipinski definition) is 4. The average Bonchev–Trinajstić information content (AvgIpc) is 4.08. The molecule has 56 heavy (non-hydrogen) atoms. The van der Waals surface area contributed by atoms with E-state index >= 15 is 0 Å². The summed E-state index contributed by atoms with van der Waals surface area (Å²) in [7, 11) is 0. The lowest BCUT2D eigenvalue weighted by Crippen LogP contribution is -2.22. The van der Waals surface area contributed by atoms with Crippen LogP contribution in [0.25, 0.3) is 0 Å². The molecule has 0 amide bonds. The molecule has 274 valence electrons. The van der Waals surface area contributed by atoms with Crippen LogP contribution < -0.4 is 0 Å². The fraction of sp³-hybridized carbons (Fsp3) is 0.125. The van der Waals surface area contributed by atoms with Crippen LogP contribution in [0.3, 0.4) is 0 Å². The van der Waals surface area contributed by atoms with E-state index in [0.29, 0.717) is 0 Å². The molecule has 0 aliphatic carbocycles. The molecule has 9 aromatic rings. The van der Waals surface area contributed by atoms with Gasteiger partial charge in [-0.05, 0) is 55.6 Å². The Hall–Kier alpha value is -7.06. The molecule has 0 radical (unpaired) electrons. The molecule has 0 saturated heterocycles. The molecule has 0 fully saturated rings. The van der Waals surface area contributed by atoms with Crippen LogP contribution in [0.5, 0.6) is 0 Å². The third-order valence-electron chi connectivity index (χ3n) is 10.2. The molecule has 8 heteroatoms. The van der Waals surface area contributed by atoms with Gasteiger partial charge < -0.3 is 0 Å². The lowest BCUT2D eigenvalue weighted by Gasteiger charge is -2.22. The van der Waals surface area contributed by atoms with Crippen molar-refractivity contribution in [3.63, 3.8) is 0 Å². The van der Waals surface area contributed by atoms with Crippen molar-refractivity contribution in [3.05, 3.63) is 251 Å². The van der Waals surface area contributed by atoms with Gasteiger partial charge in [0.25, 0.3) is 0 Å². The molecule has 4 heterocycles. The van der Waals surface area contributed by atoms with Gasteiger partial charge in [-0.1, -0.05) is 146 Å². The van der Waals surface area contributed by atoms with Crippen LogP contribution in [0.15, 0.2) is 195 Å². The third-order valence-corrected chi connectivity index (χ3v) is 10.2. The first-order valence-electron chi connectivity index (χ1n) is 19.1. The highest BCUT2D eigenvalue weighted by molar-refractivity contribution is 5.32. The zero-order valence-corrected chi connectivity index (χ0v) is 31.0. The van der Waals surface area contributed by atoms with Gasteiger partial charge in [0.15, 0.2) is 12.3 Å². The first-order valence-corrected chi connectivity index (χ1v) is 19.1. The zero-order chi connectivity index (χ0) is 37.5. The van der Waals surface area contributed by atoms with Gasteiger partial charge in [-0.3, -0.25) is 0 Å². The minimum absolute atomic E-state index is 0.291. The van der Waals surface area contributed by atoms with E-state index in [1.54, 1.807) is 0 Å². The van der Waals surface area contributed by atoms with Crippen molar-refractivity contribution in [1.29, 1.82) is 0 Å². The van der Waals surface area contributed by atoms with Crippen LogP contribution in [0.1, 0.15) is 68.0 Å². The Morgan fingerprint density at radius 3 is 0.750 bits per heavy atom. The van der Waals surface area contributed by atoms with E-state index in [1.165, 1.54) is 22.3 Å². The lowest BCUT2D eigenvalue weighted by molar-refractivity contribution is 0.412. The largest absolute Gasteiger partial charge is 0.243 e. The van der Waals surface area contributed by atoms with Crippen molar-refractivity contribution in [2.75, 3.05) is 0 Å². The quantitative estimate of drug-likeness (QED) is 0.112. The highest BCUT2D eigenvalue weighted by Gasteiger charge is 2.23. The first-order chi connectivity index (χ1) is 27.7. The second-order valence-electron chi connectivity index (χ2n) is 14.4. The smallest absolute Gasteiger partial charge is 0.168 e. The minimum Gasteiger partial charge on any atom is -0.243 e. The molecular formula is C48H42N8. The van der Waals surface area contributed by atoms with E-state index in [9.17, 15) is 0 Å². The molecular weight excluding hydrogens is 689 g/mol.